The first kappa shape index (κ1) is 36.9. The third-order valence-corrected chi connectivity index (χ3v) is 9.73. The Hall–Kier alpha value is -4.94. The largest absolute Gasteiger partial charge is 0.497 e. The molecule has 0 radical (unpaired) electrons. The molecule has 1 atom stereocenters. The van der Waals surface area contributed by atoms with Crippen molar-refractivity contribution in [2.24, 2.45) is 0 Å². The molecule has 0 aromatic heterocycles. The highest BCUT2D eigenvalue weighted by molar-refractivity contribution is 7.92. The van der Waals surface area contributed by atoms with E-state index in [-0.39, 0.29) is 40.1 Å². The van der Waals surface area contributed by atoms with Crippen molar-refractivity contribution >= 4 is 39.1 Å². The summed E-state index contributed by atoms with van der Waals surface area (Å²) in [5.74, 6) is 0.165. The maximum atomic E-state index is 14.7. The predicted molar refractivity (Wildman–Crippen MR) is 188 cm³/mol. The van der Waals surface area contributed by atoms with Crippen molar-refractivity contribution < 1.29 is 37.0 Å². The maximum Gasteiger partial charge on any atom is 0.265 e. The van der Waals surface area contributed by atoms with Crippen molar-refractivity contribution in [1.82, 2.24) is 10.2 Å². The Morgan fingerprint density at radius 1 is 0.776 bits per heavy atom. The number of benzene rings is 4. The third-order valence-electron chi connectivity index (χ3n) is 7.74. The van der Waals surface area contributed by atoms with Gasteiger partial charge in [-0.15, -0.1) is 0 Å². The van der Waals surface area contributed by atoms with Crippen LogP contribution in [0, 0.1) is 0 Å². The van der Waals surface area contributed by atoms with Crippen molar-refractivity contribution in [3.8, 4) is 23.0 Å². The van der Waals surface area contributed by atoms with Crippen LogP contribution in [-0.2, 0) is 32.6 Å². The molecule has 0 unspecified atom stereocenters. The summed E-state index contributed by atoms with van der Waals surface area (Å²) in [6.07, 6.45) is 0.172. The smallest absolute Gasteiger partial charge is 0.265 e. The van der Waals surface area contributed by atoms with Crippen molar-refractivity contribution in [2.45, 2.75) is 30.8 Å². The van der Waals surface area contributed by atoms with Gasteiger partial charge in [-0.1, -0.05) is 54.1 Å². The number of ether oxygens (including phenoxy) is 4. The zero-order chi connectivity index (χ0) is 35.6. The fraction of sp³-hybridized carbons (Fsp3) is 0.278. The van der Waals surface area contributed by atoms with Crippen LogP contribution in [0.2, 0.25) is 5.02 Å². The Morgan fingerprint density at radius 3 is 2.10 bits per heavy atom. The summed E-state index contributed by atoms with van der Waals surface area (Å²) < 4.78 is 51.7. The van der Waals surface area contributed by atoms with Crippen LogP contribution >= 0.6 is 11.6 Å². The molecule has 0 aliphatic carbocycles. The molecule has 49 heavy (non-hydrogen) atoms. The second-order valence-electron chi connectivity index (χ2n) is 10.8. The number of hydrogen-bond donors (Lipinski definition) is 1. The average Bonchev–Trinajstić information content (AvgIpc) is 3.12. The first-order valence-electron chi connectivity index (χ1n) is 15.4. The molecule has 4 rings (SSSR count). The van der Waals surface area contributed by atoms with Crippen molar-refractivity contribution in [3.63, 3.8) is 0 Å². The minimum Gasteiger partial charge on any atom is -0.497 e. The molecule has 0 aliphatic rings. The molecule has 0 saturated carbocycles. The van der Waals surface area contributed by atoms with Gasteiger partial charge in [0.1, 0.15) is 24.1 Å². The Labute approximate surface area is 292 Å². The molecule has 1 N–H and O–H groups in total. The second-order valence-corrected chi connectivity index (χ2v) is 13.1. The molecule has 4 aromatic carbocycles. The van der Waals surface area contributed by atoms with E-state index < -0.39 is 34.4 Å². The number of carbonyl (C=O) groups is 2. The second kappa shape index (κ2) is 16.9. The maximum absolute atomic E-state index is 14.7. The first-order chi connectivity index (χ1) is 23.6. The standard InChI is InChI=1S/C36H40ClN3O8S/c1-6-38-36(42)31(20-25-11-8-7-9-12-25)39(23-26-13-10-14-28(19-26)45-2)35(41)24-40(30-21-27(37)15-17-32(30)46-3)49(43,44)29-16-18-33(47-4)34(22-29)48-5/h7-19,21-22,31H,6,20,23-24H2,1-5H3,(H,38,42)/t31-/m0/s1. The lowest BCUT2D eigenvalue weighted by Crippen LogP contribution is -2.53. The van der Waals surface area contributed by atoms with Crippen LogP contribution in [0.3, 0.4) is 0 Å². The van der Waals surface area contributed by atoms with Crippen molar-refractivity contribution in [2.75, 3.05) is 45.8 Å². The van der Waals surface area contributed by atoms with Gasteiger partial charge in [-0.3, -0.25) is 13.9 Å². The minimum absolute atomic E-state index is 0.0251. The molecular formula is C36H40ClN3O8S. The Kier molecular flexibility index (Phi) is 12.8. The summed E-state index contributed by atoms with van der Waals surface area (Å²) in [4.78, 5) is 29.6. The van der Waals surface area contributed by atoms with Crippen LogP contribution in [0.15, 0.2) is 95.9 Å². The van der Waals surface area contributed by atoms with E-state index in [2.05, 4.69) is 5.32 Å². The number of carbonyl (C=O) groups excluding carboxylic acids is 2. The molecule has 11 nitrogen and oxygen atoms in total. The van der Waals surface area contributed by atoms with Crippen LogP contribution in [0.1, 0.15) is 18.1 Å². The third kappa shape index (κ3) is 8.95. The fourth-order valence-corrected chi connectivity index (χ4v) is 6.89. The van der Waals surface area contributed by atoms with Crippen LogP contribution in [0.4, 0.5) is 5.69 Å². The Morgan fingerprint density at radius 2 is 1.45 bits per heavy atom. The van der Waals surface area contributed by atoms with Crippen LogP contribution in [0.5, 0.6) is 23.0 Å². The summed E-state index contributed by atoms with van der Waals surface area (Å²) in [6.45, 7) is 1.38. The van der Waals surface area contributed by atoms with E-state index in [0.29, 0.717) is 23.6 Å². The molecule has 0 aliphatic heterocycles. The Balaban J connectivity index is 1.88. The zero-order valence-electron chi connectivity index (χ0n) is 28.0. The summed E-state index contributed by atoms with van der Waals surface area (Å²) >= 11 is 6.38. The van der Waals surface area contributed by atoms with Gasteiger partial charge in [0.25, 0.3) is 10.0 Å². The van der Waals surface area contributed by atoms with Gasteiger partial charge in [-0.2, -0.15) is 0 Å². The topological polar surface area (TPSA) is 124 Å². The van der Waals surface area contributed by atoms with Crippen molar-refractivity contribution in [1.29, 1.82) is 0 Å². The normalized spacial score (nSPS) is 11.6. The monoisotopic (exact) mass is 709 g/mol. The summed E-state index contributed by atoms with van der Waals surface area (Å²) in [7, 11) is 1.24. The number of rotatable bonds is 16. The van der Waals surface area contributed by atoms with E-state index in [1.54, 1.807) is 37.3 Å². The number of hydrogen-bond acceptors (Lipinski definition) is 8. The fourth-order valence-electron chi connectivity index (χ4n) is 5.29. The number of anilines is 1. The van der Waals surface area contributed by atoms with E-state index in [0.717, 1.165) is 9.87 Å². The number of nitrogens with zero attached hydrogens (tertiary/aromatic N) is 2. The van der Waals surface area contributed by atoms with Gasteiger partial charge < -0.3 is 29.2 Å². The number of amides is 2. The van der Waals surface area contributed by atoms with Gasteiger partial charge in [0.2, 0.25) is 11.8 Å². The first-order valence-corrected chi connectivity index (χ1v) is 17.2. The van der Waals surface area contributed by atoms with Gasteiger partial charge in [0.15, 0.2) is 11.5 Å². The lowest BCUT2D eigenvalue weighted by atomic mass is 10.0. The predicted octanol–water partition coefficient (Wildman–Crippen LogP) is 5.35. The summed E-state index contributed by atoms with van der Waals surface area (Å²) in [6, 6.07) is 24.0. The van der Waals surface area contributed by atoms with Gasteiger partial charge in [0, 0.05) is 30.6 Å². The van der Waals surface area contributed by atoms with E-state index in [1.807, 2.05) is 30.3 Å². The molecule has 0 saturated heterocycles. The molecule has 2 amide bonds. The summed E-state index contributed by atoms with van der Waals surface area (Å²) in [5, 5.41) is 3.06. The Bertz CT molecular complexity index is 1860. The van der Waals surface area contributed by atoms with Gasteiger partial charge in [-0.25, -0.2) is 8.42 Å². The number of nitrogens with one attached hydrogen (secondary N) is 1. The van der Waals surface area contributed by atoms with Crippen LogP contribution in [0.25, 0.3) is 0 Å². The van der Waals surface area contributed by atoms with Gasteiger partial charge >= 0.3 is 0 Å². The van der Waals surface area contributed by atoms with Crippen LogP contribution in [-0.4, -0.2) is 72.7 Å². The minimum atomic E-state index is -4.50. The molecule has 13 heteroatoms. The lowest BCUT2D eigenvalue weighted by molar-refractivity contribution is -0.140. The average molecular weight is 710 g/mol. The molecule has 0 bridgehead atoms. The van der Waals surface area contributed by atoms with E-state index >= 15 is 0 Å². The molecule has 260 valence electrons. The molecule has 0 fully saturated rings. The number of sulfonamides is 1. The number of halogens is 1. The molecule has 4 aromatic rings. The number of methoxy groups -OCH3 is 4. The SMILES string of the molecule is CCNC(=O)[C@H](Cc1ccccc1)N(Cc1cccc(OC)c1)C(=O)CN(c1cc(Cl)ccc1OC)S(=O)(=O)c1ccc(OC)c(OC)c1. The van der Waals surface area contributed by atoms with E-state index in [4.69, 9.17) is 30.5 Å². The van der Waals surface area contributed by atoms with E-state index in [1.165, 1.54) is 63.7 Å². The van der Waals surface area contributed by atoms with Gasteiger partial charge in [-0.05, 0) is 60.5 Å². The zero-order valence-corrected chi connectivity index (χ0v) is 29.6. The van der Waals surface area contributed by atoms with Crippen molar-refractivity contribution in [3.05, 3.63) is 107 Å². The van der Waals surface area contributed by atoms with E-state index in [9.17, 15) is 18.0 Å². The van der Waals surface area contributed by atoms with Gasteiger partial charge in [0.05, 0.1) is 39.0 Å². The highest BCUT2D eigenvalue weighted by Crippen LogP contribution is 2.37. The summed E-state index contributed by atoms with van der Waals surface area (Å²) in [5.41, 5.74) is 1.51. The molecular weight excluding hydrogens is 670 g/mol. The highest BCUT2D eigenvalue weighted by Gasteiger charge is 2.36. The van der Waals surface area contributed by atoms with Crippen LogP contribution < -0.4 is 28.6 Å². The molecule has 0 spiro atoms. The lowest BCUT2D eigenvalue weighted by Gasteiger charge is -2.34. The number of likely N-dealkylation sites (N-methyl/N-ethyl adjacent to an activating group) is 1. The quantitative estimate of drug-likeness (QED) is 0.165. The molecule has 0 heterocycles. The highest BCUT2D eigenvalue weighted by atomic mass is 35.5.